The standard InChI is InChI=1S/C35H35N3O4/c1-7-24-18(3)22-13-23(24)15-29-19(4)25(8-2)31(36-29)16-30-21(6)27(10-12-35(41)42)33(38-30)17-32-26(9-11-34(39)40)20(5)28(14-22)37-32/h7-8,13-17,36,38H,1-2,9-12H2,3-6H3,(H,39,40)(H,41,42). The van der Waals surface area contributed by atoms with Crippen LogP contribution in [0.15, 0.2) is 49.6 Å². The molecule has 0 unspecified atom stereocenters. The summed E-state index contributed by atoms with van der Waals surface area (Å²) in [5.41, 5.74) is 14.8. The Kier molecular flexibility index (Phi) is 7.61. The van der Waals surface area contributed by atoms with Crippen LogP contribution in [-0.2, 0) is 16.0 Å². The second kappa shape index (κ2) is 11.2. The Morgan fingerprint density at radius 1 is 0.738 bits per heavy atom. The molecule has 0 saturated heterocycles. The van der Waals surface area contributed by atoms with Gasteiger partial charge in [-0.3, -0.25) is 9.59 Å². The van der Waals surface area contributed by atoms with Gasteiger partial charge in [0.15, 0.2) is 0 Å². The van der Waals surface area contributed by atoms with Crippen molar-refractivity contribution in [2.45, 2.75) is 53.4 Å². The molecule has 42 heavy (non-hydrogen) atoms. The van der Waals surface area contributed by atoms with Gasteiger partial charge in [0.05, 0.1) is 11.4 Å². The monoisotopic (exact) mass is 561 g/mol. The van der Waals surface area contributed by atoms with Crippen molar-refractivity contribution in [3.05, 3.63) is 94.3 Å². The number of allylic oxidation sites excluding steroid dienone is 5. The van der Waals surface area contributed by atoms with Crippen LogP contribution in [0.1, 0.15) is 77.9 Å². The molecule has 1 aliphatic carbocycles. The molecule has 3 aromatic heterocycles. The van der Waals surface area contributed by atoms with Gasteiger partial charge in [0.25, 0.3) is 0 Å². The number of aromatic nitrogens is 3. The van der Waals surface area contributed by atoms with Crippen LogP contribution in [0, 0.1) is 13.8 Å². The molecule has 3 aromatic rings. The summed E-state index contributed by atoms with van der Waals surface area (Å²) in [4.78, 5) is 35.1. The van der Waals surface area contributed by atoms with Gasteiger partial charge in [-0.15, -0.1) is 0 Å². The number of carbonyl (C=O) groups is 2. The molecule has 0 aromatic carbocycles. The van der Waals surface area contributed by atoms with Crippen LogP contribution in [0.2, 0.25) is 0 Å². The van der Waals surface area contributed by atoms with E-state index in [-0.39, 0.29) is 12.8 Å². The minimum Gasteiger partial charge on any atom is -0.481 e. The number of aromatic amines is 2. The molecular weight excluding hydrogens is 526 g/mol. The van der Waals surface area contributed by atoms with Crippen molar-refractivity contribution in [3.63, 3.8) is 0 Å². The van der Waals surface area contributed by atoms with Crippen LogP contribution < -0.4 is 0 Å². The van der Waals surface area contributed by atoms with Crippen molar-refractivity contribution in [2.24, 2.45) is 0 Å². The summed E-state index contributed by atoms with van der Waals surface area (Å²) >= 11 is 0. The maximum absolute atomic E-state index is 11.5. The zero-order valence-electron chi connectivity index (χ0n) is 24.4. The fourth-order valence-corrected chi connectivity index (χ4v) is 5.96. The molecule has 0 radical (unpaired) electrons. The first-order valence-corrected chi connectivity index (χ1v) is 14.0. The number of hydrogen-bond donors (Lipinski definition) is 4. The highest BCUT2D eigenvalue weighted by Crippen LogP contribution is 2.38. The van der Waals surface area contributed by atoms with Crippen molar-refractivity contribution in [2.75, 3.05) is 0 Å². The summed E-state index contributed by atoms with van der Waals surface area (Å²) in [5.74, 6) is -1.74. The Morgan fingerprint density at radius 3 is 2.07 bits per heavy atom. The lowest BCUT2D eigenvalue weighted by atomic mass is 10.00. The molecular formula is C35H35N3O4. The molecule has 1 aliphatic heterocycles. The minimum atomic E-state index is -0.874. The number of rotatable bonds is 8. The van der Waals surface area contributed by atoms with Crippen LogP contribution in [0.3, 0.4) is 0 Å². The third-order valence-electron chi connectivity index (χ3n) is 8.41. The van der Waals surface area contributed by atoms with Gasteiger partial charge in [0, 0.05) is 40.5 Å². The maximum Gasteiger partial charge on any atom is 0.303 e. The Balaban J connectivity index is 1.94. The van der Waals surface area contributed by atoms with Gasteiger partial charge in [0.2, 0.25) is 0 Å². The quantitative estimate of drug-likeness (QED) is 0.221. The number of carboxylic acid groups (broad SMARTS) is 2. The zero-order valence-corrected chi connectivity index (χ0v) is 24.4. The summed E-state index contributed by atoms with van der Waals surface area (Å²) in [6.45, 7) is 16.2. The number of nitrogens with one attached hydrogen (secondary N) is 2. The molecule has 2 aliphatic rings. The minimum absolute atomic E-state index is 0.0139. The summed E-state index contributed by atoms with van der Waals surface area (Å²) in [5, 5.41) is 18.9. The van der Waals surface area contributed by atoms with Crippen LogP contribution in [0.4, 0.5) is 0 Å². The normalized spacial score (nSPS) is 13.0. The number of aliphatic carboxylic acids is 2. The van der Waals surface area contributed by atoms with E-state index in [2.05, 4.69) is 55.2 Å². The lowest BCUT2D eigenvalue weighted by molar-refractivity contribution is -0.137. The van der Waals surface area contributed by atoms with E-state index in [0.717, 1.165) is 83.4 Å². The van der Waals surface area contributed by atoms with Crippen LogP contribution in [0.25, 0.3) is 50.4 Å². The van der Waals surface area contributed by atoms with E-state index in [0.29, 0.717) is 18.5 Å². The van der Waals surface area contributed by atoms with E-state index in [1.165, 1.54) is 0 Å². The van der Waals surface area contributed by atoms with Crippen molar-refractivity contribution in [1.29, 1.82) is 0 Å². The molecule has 0 saturated carbocycles. The van der Waals surface area contributed by atoms with Crippen molar-refractivity contribution in [3.8, 4) is 0 Å². The summed E-state index contributed by atoms with van der Waals surface area (Å²) in [7, 11) is 0. The average molecular weight is 562 g/mol. The molecule has 8 bridgehead atoms. The van der Waals surface area contributed by atoms with E-state index in [1.807, 2.05) is 38.1 Å². The molecule has 0 atom stereocenters. The predicted octanol–water partition coefficient (Wildman–Crippen LogP) is 8.11. The lowest BCUT2D eigenvalue weighted by Crippen LogP contribution is -1.98. The van der Waals surface area contributed by atoms with Gasteiger partial charge in [-0.25, -0.2) is 4.98 Å². The summed E-state index contributed by atoms with van der Waals surface area (Å²) in [6.07, 6.45) is 4.36. The highest BCUT2D eigenvalue weighted by molar-refractivity contribution is 6.01. The fourth-order valence-electron chi connectivity index (χ4n) is 5.96. The van der Waals surface area contributed by atoms with E-state index in [9.17, 15) is 19.8 Å². The van der Waals surface area contributed by atoms with Gasteiger partial charge in [0.1, 0.15) is 0 Å². The highest BCUT2D eigenvalue weighted by Gasteiger charge is 2.21. The molecule has 7 nitrogen and oxygen atoms in total. The van der Waals surface area contributed by atoms with Gasteiger partial charge in [-0.2, -0.15) is 0 Å². The molecule has 4 heterocycles. The lowest BCUT2D eigenvalue weighted by Gasteiger charge is -2.03. The first-order chi connectivity index (χ1) is 20.0. The largest absolute Gasteiger partial charge is 0.481 e. The topological polar surface area (TPSA) is 119 Å². The van der Waals surface area contributed by atoms with Crippen molar-refractivity contribution in [1.82, 2.24) is 15.0 Å². The van der Waals surface area contributed by atoms with Crippen LogP contribution in [-0.4, -0.2) is 37.1 Å². The summed E-state index contributed by atoms with van der Waals surface area (Å²) in [6, 6.07) is 10.3. The van der Waals surface area contributed by atoms with E-state index in [1.54, 1.807) is 0 Å². The number of aryl methyl sites for hydroxylation is 3. The third-order valence-corrected chi connectivity index (χ3v) is 8.41. The first-order valence-electron chi connectivity index (χ1n) is 14.0. The average Bonchev–Trinajstić information content (AvgIpc) is 3.59. The molecule has 7 heteroatoms. The molecule has 5 rings (SSSR count). The number of H-pyrrole nitrogens is 2. The highest BCUT2D eigenvalue weighted by atomic mass is 16.4. The number of hydrogen-bond acceptors (Lipinski definition) is 3. The van der Waals surface area contributed by atoms with E-state index in [4.69, 9.17) is 4.98 Å². The van der Waals surface area contributed by atoms with Gasteiger partial charge in [-0.1, -0.05) is 25.3 Å². The predicted molar refractivity (Wildman–Crippen MR) is 171 cm³/mol. The number of carboxylic acids is 2. The van der Waals surface area contributed by atoms with Crippen LogP contribution in [0.5, 0.6) is 0 Å². The molecule has 4 N–H and O–H groups in total. The number of nitrogens with zero attached hydrogens (tertiary/aromatic N) is 1. The molecule has 0 spiro atoms. The molecule has 214 valence electrons. The maximum atomic E-state index is 11.5. The Bertz CT molecular complexity index is 1910. The van der Waals surface area contributed by atoms with Crippen LogP contribution >= 0.6 is 0 Å². The van der Waals surface area contributed by atoms with E-state index >= 15 is 0 Å². The third kappa shape index (κ3) is 5.14. The SMILES string of the molecule is C=CC1=C(C)c2cc1cc1[nH]c(cc3[nH]c(cc4nc(c2)C(C)=C4CCC(=O)O)c(CCC(=O)O)c3C)c(C=C)c1C. The first kappa shape index (κ1) is 28.6. The second-order valence-corrected chi connectivity index (χ2v) is 10.9. The van der Waals surface area contributed by atoms with Crippen molar-refractivity contribution < 1.29 is 19.8 Å². The number of fused-ring (bicyclic) bond motifs is 8. The van der Waals surface area contributed by atoms with Crippen molar-refractivity contribution >= 4 is 62.4 Å². The van der Waals surface area contributed by atoms with E-state index < -0.39 is 11.9 Å². The fraction of sp³-hybridized carbons (Fsp3) is 0.229. The Labute approximate surface area is 244 Å². The van der Waals surface area contributed by atoms with Gasteiger partial charge >= 0.3 is 11.9 Å². The molecule has 0 fully saturated rings. The Morgan fingerprint density at radius 2 is 1.40 bits per heavy atom. The zero-order chi connectivity index (χ0) is 30.3. The smallest absolute Gasteiger partial charge is 0.303 e. The summed E-state index contributed by atoms with van der Waals surface area (Å²) < 4.78 is 0. The van der Waals surface area contributed by atoms with Gasteiger partial charge < -0.3 is 20.2 Å². The second-order valence-electron chi connectivity index (χ2n) is 10.9. The van der Waals surface area contributed by atoms with Gasteiger partial charge in [-0.05, 0) is 121 Å². The Hall–Kier alpha value is -4.91. The molecule has 0 amide bonds.